The lowest BCUT2D eigenvalue weighted by molar-refractivity contribution is -0.137. The number of aliphatic imine (C=N–C) groups is 1. The van der Waals surface area contributed by atoms with Crippen LogP contribution in [0.1, 0.15) is 45.9 Å². The van der Waals surface area contributed by atoms with Crippen molar-refractivity contribution in [3.05, 3.63) is 145 Å². The highest BCUT2D eigenvalue weighted by atomic mass is 79.9. The van der Waals surface area contributed by atoms with E-state index < -0.39 is 29.3 Å². The molecule has 1 amide bonds. The number of hydrogen-bond donors (Lipinski definition) is 2. The first-order chi connectivity index (χ1) is 23.1. The van der Waals surface area contributed by atoms with Gasteiger partial charge in [0.15, 0.2) is 11.6 Å². The van der Waals surface area contributed by atoms with Gasteiger partial charge in [-0.25, -0.2) is 4.99 Å². The van der Waals surface area contributed by atoms with E-state index in [-0.39, 0.29) is 32.0 Å². The van der Waals surface area contributed by atoms with E-state index in [9.17, 15) is 18.0 Å². The molecule has 2 atom stereocenters. The quantitative estimate of drug-likeness (QED) is 0.0630. The van der Waals surface area contributed by atoms with Gasteiger partial charge in [0.25, 0.3) is 5.91 Å². The van der Waals surface area contributed by atoms with Crippen molar-refractivity contribution < 1.29 is 32.5 Å². The zero-order chi connectivity index (χ0) is 34.1. The van der Waals surface area contributed by atoms with Crippen molar-refractivity contribution in [3.63, 3.8) is 0 Å². The van der Waals surface area contributed by atoms with Crippen LogP contribution in [0.25, 0.3) is 10.4 Å². The molecular formula is C35H31BrF3N5O4. The van der Waals surface area contributed by atoms with Gasteiger partial charge in [0, 0.05) is 40.9 Å². The van der Waals surface area contributed by atoms with Gasteiger partial charge in [-0.15, -0.1) is 0 Å². The number of benzene rings is 4. The maximum atomic E-state index is 14.5. The van der Waals surface area contributed by atoms with Crippen LogP contribution in [0.2, 0.25) is 0 Å². The molecule has 9 nitrogen and oxygen atoms in total. The van der Waals surface area contributed by atoms with E-state index in [2.05, 4.69) is 31.3 Å². The van der Waals surface area contributed by atoms with Crippen LogP contribution >= 0.6 is 15.9 Å². The van der Waals surface area contributed by atoms with Crippen molar-refractivity contribution in [2.45, 2.75) is 43.8 Å². The number of amides is 1. The van der Waals surface area contributed by atoms with Crippen LogP contribution in [0.15, 0.2) is 112 Å². The van der Waals surface area contributed by atoms with Gasteiger partial charge in [0.2, 0.25) is 5.90 Å². The zero-order valence-electron chi connectivity index (χ0n) is 25.5. The number of halogens is 4. The van der Waals surface area contributed by atoms with Crippen molar-refractivity contribution in [2.75, 3.05) is 13.2 Å². The highest BCUT2D eigenvalue weighted by molar-refractivity contribution is 9.10. The Morgan fingerprint density at radius 1 is 1.02 bits per heavy atom. The fraction of sp³-hybridized carbons (Fsp3) is 0.257. The van der Waals surface area contributed by atoms with Gasteiger partial charge in [-0.1, -0.05) is 69.6 Å². The van der Waals surface area contributed by atoms with E-state index in [0.717, 1.165) is 22.2 Å². The topological polar surface area (TPSA) is 129 Å². The van der Waals surface area contributed by atoms with E-state index in [1.54, 1.807) is 48.5 Å². The van der Waals surface area contributed by atoms with Gasteiger partial charge in [-0.05, 0) is 76.3 Å². The van der Waals surface area contributed by atoms with Gasteiger partial charge in [0.05, 0.1) is 18.7 Å². The first kappa shape index (κ1) is 34.5. The van der Waals surface area contributed by atoms with Gasteiger partial charge in [-0.2, -0.15) is 13.2 Å². The maximum absolute atomic E-state index is 14.5. The number of aliphatic hydroxyl groups excluding tert-OH is 1. The van der Waals surface area contributed by atoms with Crippen LogP contribution in [-0.2, 0) is 35.2 Å². The SMILES string of the molecule is [N-]=[N+]=NCc1ccccc1[C@H]1OC(c2ccc(OCCCO)cc2)=N[C@@]1(Cc1ccc(Br)cc1)C(=O)NCc1ccc(C(F)(F)F)cc1. The number of aliphatic hydroxyl groups is 1. The minimum Gasteiger partial charge on any atom is -0.494 e. The first-order valence-electron chi connectivity index (χ1n) is 15.0. The molecule has 0 spiro atoms. The number of nitrogens with one attached hydrogen (secondary N) is 1. The summed E-state index contributed by atoms with van der Waals surface area (Å²) in [4.78, 5) is 22.4. The molecule has 4 aromatic carbocycles. The number of azide groups is 1. The molecule has 0 saturated carbocycles. The molecule has 0 aliphatic carbocycles. The number of rotatable bonds is 13. The predicted octanol–water partition coefficient (Wildman–Crippen LogP) is 7.86. The van der Waals surface area contributed by atoms with Crippen molar-refractivity contribution >= 4 is 27.7 Å². The molecule has 1 aliphatic heterocycles. The Labute approximate surface area is 283 Å². The maximum Gasteiger partial charge on any atom is 0.416 e. The zero-order valence-corrected chi connectivity index (χ0v) is 27.1. The van der Waals surface area contributed by atoms with Crippen molar-refractivity contribution in [1.29, 1.82) is 0 Å². The second kappa shape index (κ2) is 15.4. The molecule has 2 N–H and O–H groups in total. The van der Waals surface area contributed by atoms with Crippen LogP contribution in [0.5, 0.6) is 5.75 Å². The average molecular weight is 723 g/mol. The highest BCUT2D eigenvalue weighted by Crippen LogP contribution is 2.44. The van der Waals surface area contributed by atoms with E-state index >= 15 is 0 Å². The molecule has 0 saturated heterocycles. The molecular weight excluding hydrogens is 691 g/mol. The van der Waals surface area contributed by atoms with E-state index in [0.29, 0.717) is 41.0 Å². The molecule has 0 fully saturated rings. The molecule has 1 aliphatic rings. The Kier molecular flexibility index (Phi) is 11.0. The minimum absolute atomic E-state index is 0.00325. The molecule has 0 aromatic heterocycles. The minimum atomic E-state index is -4.48. The molecule has 5 rings (SSSR count). The van der Waals surface area contributed by atoms with Gasteiger partial charge < -0.3 is 19.9 Å². The van der Waals surface area contributed by atoms with Crippen LogP contribution in [0.3, 0.4) is 0 Å². The van der Waals surface area contributed by atoms with Crippen LogP contribution in [0.4, 0.5) is 13.2 Å². The third kappa shape index (κ3) is 8.17. The fourth-order valence-corrected chi connectivity index (χ4v) is 5.63. The van der Waals surface area contributed by atoms with E-state index in [1.807, 2.05) is 24.3 Å². The van der Waals surface area contributed by atoms with Crippen LogP contribution < -0.4 is 10.1 Å². The second-order valence-corrected chi connectivity index (χ2v) is 12.0. The summed E-state index contributed by atoms with van der Waals surface area (Å²) in [5.74, 6) is 0.271. The number of ether oxygens (including phenoxy) is 2. The van der Waals surface area contributed by atoms with Crippen LogP contribution in [0, 0.1) is 0 Å². The Morgan fingerprint density at radius 3 is 2.38 bits per heavy atom. The molecule has 13 heteroatoms. The second-order valence-electron chi connectivity index (χ2n) is 11.1. The number of alkyl halides is 3. The Morgan fingerprint density at radius 2 is 1.71 bits per heavy atom. The molecule has 48 heavy (non-hydrogen) atoms. The number of carbonyl (C=O) groups excluding carboxylic acids is 1. The summed E-state index contributed by atoms with van der Waals surface area (Å²) < 4.78 is 52.6. The molecule has 248 valence electrons. The van der Waals surface area contributed by atoms with Crippen molar-refractivity contribution in [1.82, 2.24) is 5.32 Å². The summed E-state index contributed by atoms with van der Waals surface area (Å²) in [6, 6.07) is 26.2. The van der Waals surface area contributed by atoms with E-state index in [1.165, 1.54) is 12.1 Å². The summed E-state index contributed by atoms with van der Waals surface area (Å²) >= 11 is 3.45. The Hall–Kier alpha value is -4.84. The summed E-state index contributed by atoms with van der Waals surface area (Å²) in [6.45, 7) is 0.291. The van der Waals surface area contributed by atoms with Crippen molar-refractivity contribution in [2.24, 2.45) is 10.1 Å². The lowest BCUT2D eigenvalue weighted by Crippen LogP contribution is -2.49. The largest absolute Gasteiger partial charge is 0.494 e. The van der Waals surface area contributed by atoms with E-state index in [4.69, 9.17) is 25.1 Å². The average Bonchev–Trinajstić information content (AvgIpc) is 3.47. The van der Waals surface area contributed by atoms with Gasteiger partial charge in [-0.3, -0.25) is 4.79 Å². The van der Waals surface area contributed by atoms with Crippen LogP contribution in [-0.4, -0.2) is 35.7 Å². The third-order valence-electron chi connectivity index (χ3n) is 7.79. The molecule has 0 unspecified atom stereocenters. The predicted molar refractivity (Wildman–Crippen MR) is 177 cm³/mol. The first-order valence-corrected chi connectivity index (χ1v) is 15.8. The number of carbonyl (C=O) groups is 1. The summed E-state index contributed by atoms with van der Waals surface area (Å²) in [5.41, 5.74) is 9.75. The monoisotopic (exact) mass is 721 g/mol. The normalized spacial score (nSPS) is 17.2. The molecule has 0 radical (unpaired) electrons. The fourth-order valence-electron chi connectivity index (χ4n) is 5.36. The summed E-state index contributed by atoms with van der Waals surface area (Å²) in [6.07, 6.45) is -4.88. The van der Waals surface area contributed by atoms with Crippen molar-refractivity contribution in [3.8, 4) is 5.75 Å². The number of nitrogens with zero attached hydrogens (tertiary/aromatic N) is 4. The van der Waals surface area contributed by atoms with Gasteiger partial charge >= 0.3 is 6.18 Å². The summed E-state index contributed by atoms with van der Waals surface area (Å²) in [7, 11) is 0. The third-order valence-corrected chi connectivity index (χ3v) is 8.32. The standard InChI is InChI=1S/C35H31BrF3N5O4/c36-28-14-8-23(9-15-28)20-34(33(46)41-21-24-6-12-27(13-7-24)35(37,38)39)31(30-5-2-1-4-26(30)22-42-44-40)48-32(43-34)25-10-16-29(17-11-25)47-19-3-18-45/h1-2,4-17,31,45H,3,18-22H2,(H,41,46)/t31-,34-/m1/s1. The lowest BCUT2D eigenvalue weighted by Gasteiger charge is -2.32. The molecule has 4 aromatic rings. The smallest absolute Gasteiger partial charge is 0.416 e. The van der Waals surface area contributed by atoms with Gasteiger partial charge in [0.1, 0.15) is 5.75 Å². The Balaban J connectivity index is 1.57. The number of hydrogen-bond acceptors (Lipinski definition) is 6. The Bertz CT molecular complexity index is 1800. The lowest BCUT2D eigenvalue weighted by atomic mass is 9.80. The molecule has 1 heterocycles. The summed E-state index contributed by atoms with van der Waals surface area (Å²) in [5, 5.41) is 15.7. The highest BCUT2D eigenvalue weighted by Gasteiger charge is 2.53. The molecule has 0 bridgehead atoms.